The second-order valence-corrected chi connectivity index (χ2v) is 8.23. The van der Waals surface area contributed by atoms with E-state index < -0.39 is 0 Å². The summed E-state index contributed by atoms with van der Waals surface area (Å²) in [5, 5.41) is 4.29. The minimum Gasteiger partial charge on any atom is -0.338 e. The highest BCUT2D eigenvalue weighted by Gasteiger charge is 2.27. The van der Waals surface area contributed by atoms with E-state index in [1.54, 1.807) is 11.8 Å². The molecule has 2 aliphatic rings. The van der Waals surface area contributed by atoms with Crippen molar-refractivity contribution in [2.45, 2.75) is 43.5 Å². The number of carbonyl (C=O) groups is 1. The van der Waals surface area contributed by atoms with E-state index in [1.807, 2.05) is 23.1 Å². The number of nitrogens with zero attached hydrogens (tertiary/aromatic N) is 1. The molecule has 1 amide bonds. The van der Waals surface area contributed by atoms with Crippen LogP contribution >= 0.6 is 35.8 Å². The molecule has 0 unspecified atom stereocenters. The molecule has 0 spiro atoms. The number of hydrogen-bond donors (Lipinski definition) is 1. The van der Waals surface area contributed by atoms with E-state index in [0.29, 0.717) is 11.1 Å². The fourth-order valence-electron chi connectivity index (χ4n) is 3.06. The lowest BCUT2D eigenvalue weighted by Gasteiger charge is -2.33. The Balaban J connectivity index is 0.00000208. The van der Waals surface area contributed by atoms with Crippen molar-refractivity contribution < 1.29 is 4.79 Å². The van der Waals surface area contributed by atoms with Gasteiger partial charge in [0.15, 0.2) is 0 Å². The van der Waals surface area contributed by atoms with E-state index in [4.69, 9.17) is 11.6 Å². The predicted octanol–water partition coefficient (Wildman–Crippen LogP) is 4.48. The zero-order valence-corrected chi connectivity index (χ0v) is 16.5. The zero-order chi connectivity index (χ0) is 16.2. The molecule has 1 saturated heterocycles. The molecule has 0 atom stereocenters. The molecule has 0 aromatic heterocycles. The van der Waals surface area contributed by atoms with Crippen molar-refractivity contribution in [2.75, 3.05) is 25.4 Å². The number of hydrogen-bond acceptors (Lipinski definition) is 3. The lowest BCUT2D eigenvalue weighted by Crippen LogP contribution is -2.45. The van der Waals surface area contributed by atoms with Crippen LogP contribution in [-0.2, 0) is 0 Å². The third kappa shape index (κ3) is 5.29. The van der Waals surface area contributed by atoms with Gasteiger partial charge in [-0.3, -0.25) is 4.79 Å². The minimum absolute atomic E-state index is 0. The molecule has 1 N–H and O–H groups in total. The van der Waals surface area contributed by atoms with Gasteiger partial charge in [0, 0.05) is 29.0 Å². The smallest absolute Gasteiger partial charge is 0.255 e. The van der Waals surface area contributed by atoms with Gasteiger partial charge in [-0.15, -0.1) is 24.2 Å². The standard InChI is InChI=1S/C18H25ClN2OS.ClH/c1-2-23-17-6-5-14(19)11-16(17)18(22)21-9-7-15(8-10-21)20-12-13-3-4-13;/h5-6,11,13,15,20H,2-4,7-10,12H2,1H3;1H. The Morgan fingerprint density at radius 1 is 1.29 bits per heavy atom. The van der Waals surface area contributed by atoms with Crippen LogP contribution in [0, 0.1) is 5.92 Å². The maximum absolute atomic E-state index is 12.9. The van der Waals surface area contributed by atoms with E-state index in [-0.39, 0.29) is 18.3 Å². The van der Waals surface area contributed by atoms with Crippen molar-refractivity contribution in [3.05, 3.63) is 28.8 Å². The van der Waals surface area contributed by atoms with Gasteiger partial charge < -0.3 is 10.2 Å². The Kier molecular flexibility index (Phi) is 7.73. The molecule has 1 saturated carbocycles. The van der Waals surface area contributed by atoms with Crippen molar-refractivity contribution >= 4 is 41.7 Å². The second-order valence-electron chi connectivity index (χ2n) is 6.49. The SMILES string of the molecule is CCSc1ccc(Cl)cc1C(=O)N1CCC(NCC2CC2)CC1.Cl. The van der Waals surface area contributed by atoms with Crippen LogP contribution < -0.4 is 5.32 Å². The van der Waals surface area contributed by atoms with Crippen molar-refractivity contribution in [1.82, 2.24) is 10.2 Å². The number of likely N-dealkylation sites (tertiary alicyclic amines) is 1. The molecule has 1 aromatic carbocycles. The van der Waals surface area contributed by atoms with Crippen LogP contribution in [0.2, 0.25) is 5.02 Å². The van der Waals surface area contributed by atoms with Crippen LogP contribution in [0.3, 0.4) is 0 Å². The Bertz CT molecular complexity index is 558. The first-order valence-electron chi connectivity index (χ1n) is 8.62. The molecule has 0 bridgehead atoms. The molecule has 24 heavy (non-hydrogen) atoms. The van der Waals surface area contributed by atoms with E-state index in [2.05, 4.69) is 12.2 Å². The first-order valence-corrected chi connectivity index (χ1v) is 9.98. The predicted molar refractivity (Wildman–Crippen MR) is 105 cm³/mol. The molecular weight excluding hydrogens is 363 g/mol. The lowest BCUT2D eigenvalue weighted by atomic mass is 10.0. The summed E-state index contributed by atoms with van der Waals surface area (Å²) in [6.07, 6.45) is 4.87. The highest BCUT2D eigenvalue weighted by Crippen LogP contribution is 2.29. The summed E-state index contributed by atoms with van der Waals surface area (Å²) >= 11 is 7.81. The maximum Gasteiger partial charge on any atom is 0.255 e. The number of halogens is 2. The lowest BCUT2D eigenvalue weighted by molar-refractivity contribution is 0.0701. The molecule has 6 heteroatoms. The first-order chi connectivity index (χ1) is 11.2. The van der Waals surface area contributed by atoms with Crippen molar-refractivity contribution in [2.24, 2.45) is 5.92 Å². The summed E-state index contributed by atoms with van der Waals surface area (Å²) in [5.74, 6) is 1.99. The summed E-state index contributed by atoms with van der Waals surface area (Å²) in [5.41, 5.74) is 0.758. The normalized spacial score (nSPS) is 18.3. The topological polar surface area (TPSA) is 32.3 Å². The highest BCUT2D eigenvalue weighted by molar-refractivity contribution is 7.99. The molecule has 1 heterocycles. The van der Waals surface area contributed by atoms with E-state index >= 15 is 0 Å². The van der Waals surface area contributed by atoms with Gasteiger partial charge in [-0.1, -0.05) is 18.5 Å². The molecule has 2 fully saturated rings. The van der Waals surface area contributed by atoms with Gasteiger partial charge in [0.2, 0.25) is 0 Å². The van der Waals surface area contributed by atoms with Crippen molar-refractivity contribution in [1.29, 1.82) is 0 Å². The van der Waals surface area contributed by atoms with Gasteiger partial charge in [-0.2, -0.15) is 0 Å². The number of benzene rings is 1. The van der Waals surface area contributed by atoms with Gasteiger partial charge in [0.25, 0.3) is 5.91 Å². The number of piperidine rings is 1. The fraction of sp³-hybridized carbons (Fsp3) is 0.611. The Morgan fingerprint density at radius 2 is 2.00 bits per heavy atom. The van der Waals surface area contributed by atoms with Gasteiger partial charge >= 0.3 is 0 Å². The quantitative estimate of drug-likeness (QED) is 0.729. The Labute approximate surface area is 160 Å². The monoisotopic (exact) mass is 388 g/mol. The Morgan fingerprint density at radius 3 is 2.62 bits per heavy atom. The molecule has 3 nitrogen and oxygen atoms in total. The van der Waals surface area contributed by atoms with Gasteiger partial charge in [0.05, 0.1) is 5.56 Å². The van der Waals surface area contributed by atoms with E-state index in [0.717, 1.165) is 54.6 Å². The summed E-state index contributed by atoms with van der Waals surface area (Å²) in [6, 6.07) is 6.22. The molecule has 1 aliphatic heterocycles. The summed E-state index contributed by atoms with van der Waals surface area (Å²) < 4.78 is 0. The third-order valence-electron chi connectivity index (χ3n) is 4.65. The number of rotatable bonds is 6. The van der Waals surface area contributed by atoms with Gasteiger partial charge in [-0.25, -0.2) is 0 Å². The van der Waals surface area contributed by atoms with Gasteiger partial charge in [-0.05, 0) is 62.1 Å². The highest BCUT2D eigenvalue weighted by atomic mass is 35.5. The van der Waals surface area contributed by atoms with E-state index in [1.165, 1.54) is 12.8 Å². The molecule has 3 rings (SSSR count). The number of thioether (sulfide) groups is 1. The number of carbonyl (C=O) groups excluding carboxylic acids is 1. The van der Waals surface area contributed by atoms with Crippen LogP contribution in [0.5, 0.6) is 0 Å². The molecule has 134 valence electrons. The molecular formula is C18H26Cl2N2OS. The van der Waals surface area contributed by atoms with Crippen LogP contribution in [0.4, 0.5) is 0 Å². The average Bonchev–Trinajstić information content (AvgIpc) is 3.39. The first kappa shape index (κ1) is 19.9. The molecule has 1 aliphatic carbocycles. The van der Waals surface area contributed by atoms with E-state index in [9.17, 15) is 4.79 Å². The van der Waals surface area contributed by atoms with Crippen molar-refractivity contribution in [3.63, 3.8) is 0 Å². The van der Waals surface area contributed by atoms with Crippen LogP contribution in [0.1, 0.15) is 43.0 Å². The van der Waals surface area contributed by atoms with Crippen LogP contribution in [-0.4, -0.2) is 42.2 Å². The minimum atomic E-state index is 0. The maximum atomic E-state index is 12.9. The van der Waals surface area contributed by atoms with Crippen LogP contribution in [0.15, 0.2) is 23.1 Å². The number of amides is 1. The zero-order valence-electron chi connectivity index (χ0n) is 14.1. The average molecular weight is 389 g/mol. The Hall–Kier alpha value is -0.420. The van der Waals surface area contributed by atoms with Crippen molar-refractivity contribution in [3.8, 4) is 0 Å². The number of nitrogens with one attached hydrogen (secondary N) is 1. The molecule has 0 radical (unpaired) electrons. The van der Waals surface area contributed by atoms with Gasteiger partial charge in [0.1, 0.15) is 0 Å². The summed E-state index contributed by atoms with van der Waals surface area (Å²) in [7, 11) is 0. The summed E-state index contributed by atoms with van der Waals surface area (Å²) in [4.78, 5) is 15.9. The third-order valence-corrected chi connectivity index (χ3v) is 5.84. The second kappa shape index (κ2) is 9.33. The van der Waals surface area contributed by atoms with Crippen LogP contribution in [0.25, 0.3) is 0 Å². The fourth-order valence-corrected chi connectivity index (χ4v) is 4.01. The largest absolute Gasteiger partial charge is 0.338 e. The molecule has 1 aromatic rings. The summed E-state index contributed by atoms with van der Waals surface area (Å²) in [6.45, 7) is 4.93.